The lowest BCUT2D eigenvalue weighted by molar-refractivity contribution is -0.126. The van der Waals surface area contributed by atoms with Crippen LogP contribution in [0.3, 0.4) is 0 Å². The zero-order valence-electron chi connectivity index (χ0n) is 11.4. The summed E-state index contributed by atoms with van der Waals surface area (Å²) < 4.78 is 2.03. The number of rotatable bonds is 6. The number of likely N-dealkylation sites (N-methyl/N-ethyl adjacent to an activating group) is 1. The van der Waals surface area contributed by atoms with Gasteiger partial charge in [0.25, 0.3) is 0 Å². The van der Waals surface area contributed by atoms with Crippen molar-refractivity contribution in [1.82, 2.24) is 14.9 Å². The second-order valence-electron chi connectivity index (χ2n) is 5.18. The second kappa shape index (κ2) is 4.72. The topological polar surface area (TPSA) is 72.9 Å². The maximum Gasteiger partial charge on any atom is 0.239 e. The molecule has 2 rings (SSSR count). The Hall–Kier alpha value is -1.36. The third kappa shape index (κ3) is 2.14. The van der Waals surface area contributed by atoms with E-state index in [0.29, 0.717) is 12.5 Å². The number of carbonyl (C=O) groups is 1. The molecule has 0 aromatic carbocycles. The maximum atomic E-state index is 11.9. The average molecular weight is 250 g/mol. The predicted octanol–water partition coefficient (Wildman–Crippen LogP) is 0.744. The molecular weight excluding hydrogens is 228 g/mol. The number of nitrogens with two attached hydrogens (primary N) is 1. The van der Waals surface area contributed by atoms with Crippen LogP contribution in [0.15, 0.2) is 6.33 Å². The summed E-state index contributed by atoms with van der Waals surface area (Å²) in [7, 11) is 0. The number of primary amides is 1. The molecule has 5 heteroatoms. The van der Waals surface area contributed by atoms with Gasteiger partial charge in [-0.15, -0.1) is 0 Å². The highest BCUT2D eigenvalue weighted by Crippen LogP contribution is 2.40. The van der Waals surface area contributed by atoms with Gasteiger partial charge in [0.2, 0.25) is 5.91 Å². The predicted molar refractivity (Wildman–Crippen MR) is 70.0 cm³/mol. The molecule has 0 radical (unpaired) electrons. The normalized spacial score (nSPS) is 18.6. The first kappa shape index (κ1) is 13.1. The molecule has 1 aliphatic carbocycles. The van der Waals surface area contributed by atoms with Crippen LogP contribution in [0.1, 0.15) is 31.2 Å². The highest BCUT2D eigenvalue weighted by atomic mass is 16.1. The lowest BCUT2D eigenvalue weighted by Gasteiger charge is -2.32. The van der Waals surface area contributed by atoms with Crippen molar-refractivity contribution in [2.24, 2.45) is 11.7 Å². The number of hydrogen-bond donors (Lipinski definition) is 2. The van der Waals surface area contributed by atoms with Gasteiger partial charge in [0.15, 0.2) is 0 Å². The quantitative estimate of drug-likeness (QED) is 0.782. The molecule has 3 N–H and O–H groups in total. The van der Waals surface area contributed by atoms with Crippen molar-refractivity contribution in [3.63, 3.8) is 0 Å². The van der Waals surface area contributed by atoms with Crippen LogP contribution >= 0.6 is 0 Å². The average Bonchev–Trinajstić information content (AvgIpc) is 3.11. The number of hydrogen-bond acceptors (Lipinski definition) is 3. The molecule has 0 spiro atoms. The van der Waals surface area contributed by atoms with E-state index in [-0.39, 0.29) is 5.91 Å². The number of amides is 1. The Balaban J connectivity index is 2.29. The van der Waals surface area contributed by atoms with E-state index < -0.39 is 5.54 Å². The molecule has 1 fully saturated rings. The smallest absolute Gasteiger partial charge is 0.239 e. The fourth-order valence-electron chi connectivity index (χ4n) is 2.56. The van der Waals surface area contributed by atoms with Gasteiger partial charge in [0.05, 0.1) is 18.6 Å². The van der Waals surface area contributed by atoms with Crippen molar-refractivity contribution in [3.8, 4) is 0 Å². The van der Waals surface area contributed by atoms with Crippen LogP contribution in [0.4, 0.5) is 0 Å². The number of carbonyl (C=O) groups excluding carboxylic acids is 1. The summed E-state index contributed by atoms with van der Waals surface area (Å²) in [6, 6.07) is 0. The summed E-state index contributed by atoms with van der Waals surface area (Å²) in [5.74, 6) is 0.106. The minimum absolute atomic E-state index is 0.252. The fourth-order valence-corrected chi connectivity index (χ4v) is 2.56. The first-order chi connectivity index (χ1) is 8.51. The maximum absolute atomic E-state index is 11.9. The molecule has 0 bridgehead atoms. The van der Waals surface area contributed by atoms with Crippen LogP contribution in [0.25, 0.3) is 0 Å². The van der Waals surface area contributed by atoms with Gasteiger partial charge in [-0.3, -0.25) is 4.79 Å². The number of aryl methyl sites for hydroxylation is 1. The Morgan fingerprint density at radius 1 is 1.61 bits per heavy atom. The van der Waals surface area contributed by atoms with Gasteiger partial charge in [0.1, 0.15) is 5.54 Å². The second-order valence-corrected chi connectivity index (χ2v) is 5.18. The van der Waals surface area contributed by atoms with Crippen molar-refractivity contribution in [3.05, 3.63) is 17.7 Å². The van der Waals surface area contributed by atoms with Gasteiger partial charge in [-0.25, -0.2) is 4.98 Å². The van der Waals surface area contributed by atoms with E-state index in [4.69, 9.17) is 5.73 Å². The molecule has 0 saturated heterocycles. The molecule has 1 unspecified atom stereocenters. The van der Waals surface area contributed by atoms with Crippen molar-refractivity contribution < 1.29 is 4.79 Å². The van der Waals surface area contributed by atoms with Gasteiger partial charge in [-0.1, -0.05) is 6.92 Å². The van der Waals surface area contributed by atoms with E-state index >= 15 is 0 Å². The first-order valence-corrected chi connectivity index (χ1v) is 6.54. The summed E-state index contributed by atoms with van der Waals surface area (Å²) in [6.45, 7) is 7.32. The summed E-state index contributed by atoms with van der Waals surface area (Å²) >= 11 is 0. The third-order valence-electron chi connectivity index (χ3n) is 3.97. The van der Waals surface area contributed by atoms with Gasteiger partial charge >= 0.3 is 0 Å². The molecule has 1 saturated carbocycles. The van der Waals surface area contributed by atoms with Crippen LogP contribution in [0.2, 0.25) is 0 Å². The Morgan fingerprint density at radius 3 is 2.67 bits per heavy atom. The molecular formula is C13H22N4O. The van der Waals surface area contributed by atoms with Crippen molar-refractivity contribution >= 4 is 5.91 Å². The van der Waals surface area contributed by atoms with Crippen molar-refractivity contribution in [2.75, 3.05) is 6.54 Å². The summed E-state index contributed by atoms with van der Waals surface area (Å²) in [5, 5.41) is 3.32. The molecule has 5 nitrogen and oxygen atoms in total. The van der Waals surface area contributed by atoms with Crippen LogP contribution in [0, 0.1) is 19.8 Å². The van der Waals surface area contributed by atoms with E-state index in [2.05, 4.69) is 10.3 Å². The highest BCUT2D eigenvalue weighted by Gasteiger charge is 2.49. The van der Waals surface area contributed by atoms with E-state index in [1.807, 2.05) is 25.3 Å². The molecule has 18 heavy (non-hydrogen) atoms. The van der Waals surface area contributed by atoms with E-state index in [0.717, 1.165) is 30.8 Å². The van der Waals surface area contributed by atoms with Gasteiger partial charge < -0.3 is 15.6 Å². The van der Waals surface area contributed by atoms with Gasteiger partial charge in [0, 0.05) is 5.69 Å². The first-order valence-electron chi connectivity index (χ1n) is 6.54. The molecule has 1 aliphatic rings. The standard InChI is InChI=1S/C13H22N4O/c1-4-16-13(12(14)18,11-5-6-11)7-17-8-15-9(2)10(17)3/h8,11,16H,4-7H2,1-3H3,(H2,14,18). The van der Waals surface area contributed by atoms with Crippen LogP contribution in [0.5, 0.6) is 0 Å². The van der Waals surface area contributed by atoms with E-state index in [1.54, 1.807) is 6.33 Å². The molecule has 1 aromatic heterocycles. The number of nitrogens with one attached hydrogen (secondary N) is 1. The molecule has 0 aliphatic heterocycles. The molecule has 1 atom stereocenters. The zero-order chi connectivity index (χ0) is 13.3. The Morgan fingerprint density at radius 2 is 2.28 bits per heavy atom. The van der Waals surface area contributed by atoms with Crippen LogP contribution in [-0.2, 0) is 11.3 Å². The largest absolute Gasteiger partial charge is 0.368 e. The van der Waals surface area contributed by atoms with Gasteiger partial charge in [-0.2, -0.15) is 0 Å². The number of imidazole rings is 1. The minimum atomic E-state index is -0.618. The lowest BCUT2D eigenvalue weighted by atomic mass is 9.91. The molecule has 1 heterocycles. The van der Waals surface area contributed by atoms with Gasteiger partial charge in [-0.05, 0) is 39.2 Å². The lowest BCUT2D eigenvalue weighted by Crippen LogP contribution is -2.59. The van der Waals surface area contributed by atoms with Crippen molar-refractivity contribution in [2.45, 2.75) is 45.7 Å². The van der Waals surface area contributed by atoms with Crippen molar-refractivity contribution in [1.29, 1.82) is 0 Å². The third-order valence-corrected chi connectivity index (χ3v) is 3.97. The number of nitrogens with zero attached hydrogens (tertiary/aromatic N) is 2. The summed E-state index contributed by atoms with van der Waals surface area (Å²) in [4.78, 5) is 16.2. The van der Waals surface area contributed by atoms with E-state index in [9.17, 15) is 4.79 Å². The highest BCUT2D eigenvalue weighted by molar-refractivity contribution is 5.85. The fraction of sp³-hybridized carbons (Fsp3) is 0.692. The summed E-state index contributed by atoms with van der Waals surface area (Å²) in [6.07, 6.45) is 3.94. The Kier molecular flexibility index (Phi) is 3.43. The van der Waals surface area contributed by atoms with E-state index in [1.165, 1.54) is 0 Å². The van der Waals surface area contributed by atoms with Crippen LogP contribution < -0.4 is 11.1 Å². The Labute approximate surface area is 108 Å². The Bertz CT molecular complexity index is 450. The molecule has 1 amide bonds. The minimum Gasteiger partial charge on any atom is -0.368 e. The number of aromatic nitrogens is 2. The zero-order valence-corrected chi connectivity index (χ0v) is 11.4. The monoisotopic (exact) mass is 250 g/mol. The van der Waals surface area contributed by atoms with Crippen LogP contribution in [-0.4, -0.2) is 27.5 Å². The molecule has 100 valence electrons. The summed E-state index contributed by atoms with van der Waals surface area (Å²) in [5.41, 5.74) is 7.15. The SMILES string of the molecule is CCNC(Cn1cnc(C)c1C)(C(N)=O)C1CC1. The molecule has 1 aromatic rings.